The second-order valence-corrected chi connectivity index (χ2v) is 5.20. The standard InChI is InChI=1S/C17H21N3O2/c1-12-4-3-9-18-16(12)19-10-11-20-17(22)13(2)14-5-7-15(21)8-6-14/h3-9,13,21H,10-11H2,1-2H3,(H,18,19)(H,20,22). The number of hydrogen-bond donors (Lipinski definition) is 3. The average molecular weight is 299 g/mol. The molecular weight excluding hydrogens is 278 g/mol. The summed E-state index contributed by atoms with van der Waals surface area (Å²) in [6.07, 6.45) is 1.74. The van der Waals surface area contributed by atoms with E-state index in [4.69, 9.17) is 0 Å². The van der Waals surface area contributed by atoms with E-state index < -0.39 is 0 Å². The molecular formula is C17H21N3O2. The number of rotatable bonds is 6. The van der Waals surface area contributed by atoms with Gasteiger partial charge in [-0.2, -0.15) is 0 Å². The number of hydrogen-bond acceptors (Lipinski definition) is 4. The van der Waals surface area contributed by atoms with E-state index in [0.717, 1.165) is 16.9 Å². The number of pyridine rings is 1. The summed E-state index contributed by atoms with van der Waals surface area (Å²) in [7, 11) is 0. The summed E-state index contributed by atoms with van der Waals surface area (Å²) in [5, 5.41) is 15.4. The first kappa shape index (κ1) is 15.8. The van der Waals surface area contributed by atoms with Gasteiger partial charge in [0, 0.05) is 19.3 Å². The molecule has 0 saturated heterocycles. The van der Waals surface area contributed by atoms with Gasteiger partial charge >= 0.3 is 0 Å². The van der Waals surface area contributed by atoms with Crippen molar-refractivity contribution in [3.8, 4) is 5.75 Å². The van der Waals surface area contributed by atoms with Gasteiger partial charge in [0.25, 0.3) is 0 Å². The van der Waals surface area contributed by atoms with E-state index in [-0.39, 0.29) is 17.6 Å². The van der Waals surface area contributed by atoms with Gasteiger partial charge in [0.1, 0.15) is 11.6 Å². The monoisotopic (exact) mass is 299 g/mol. The van der Waals surface area contributed by atoms with Crippen LogP contribution in [0, 0.1) is 6.92 Å². The minimum atomic E-state index is -0.253. The van der Waals surface area contributed by atoms with E-state index in [1.807, 2.05) is 26.0 Å². The first-order valence-electron chi connectivity index (χ1n) is 7.30. The SMILES string of the molecule is Cc1cccnc1NCCNC(=O)C(C)c1ccc(O)cc1. The van der Waals surface area contributed by atoms with Crippen molar-refractivity contribution in [1.82, 2.24) is 10.3 Å². The highest BCUT2D eigenvalue weighted by atomic mass is 16.3. The van der Waals surface area contributed by atoms with Crippen LogP contribution in [0.25, 0.3) is 0 Å². The number of amides is 1. The summed E-state index contributed by atoms with van der Waals surface area (Å²) < 4.78 is 0. The molecule has 0 aliphatic heterocycles. The highest BCUT2D eigenvalue weighted by Gasteiger charge is 2.14. The van der Waals surface area contributed by atoms with Crippen LogP contribution in [0.5, 0.6) is 5.75 Å². The molecule has 0 radical (unpaired) electrons. The van der Waals surface area contributed by atoms with Crippen LogP contribution in [-0.2, 0) is 4.79 Å². The predicted octanol–water partition coefficient (Wildman–Crippen LogP) is 2.43. The van der Waals surface area contributed by atoms with Crippen LogP contribution in [0.1, 0.15) is 24.0 Å². The Kier molecular flexibility index (Phi) is 5.36. The summed E-state index contributed by atoms with van der Waals surface area (Å²) >= 11 is 0. The predicted molar refractivity (Wildman–Crippen MR) is 87.0 cm³/mol. The van der Waals surface area contributed by atoms with Crippen LogP contribution in [0.4, 0.5) is 5.82 Å². The maximum absolute atomic E-state index is 12.1. The quantitative estimate of drug-likeness (QED) is 0.716. The molecule has 116 valence electrons. The number of aromatic nitrogens is 1. The summed E-state index contributed by atoms with van der Waals surface area (Å²) in [5.74, 6) is 0.747. The zero-order valence-electron chi connectivity index (χ0n) is 12.8. The van der Waals surface area contributed by atoms with Crippen molar-refractivity contribution in [3.63, 3.8) is 0 Å². The molecule has 5 nitrogen and oxygen atoms in total. The van der Waals surface area contributed by atoms with Gasteiger partial charge < -0.3 is 15.7 Å². The van der Waals surface area contributed by atoms with Gasteiger partial charge in [-0.1, -0.05) is 18.2 Å². The second kappa shape index (κ2) is 7.45. The Morgan fingerprint density at radius 3 is 2.64 bits per heavy atom. The minimum Gasteiger partial charge on any atom is -0.508 e. The summed E-state index contributed by atoms with van der Waals surface area (Å²) in [6, 6.07) is 10.6. The van der Waals surface area contributed by atoms with Crippen LogP contribution >= 0.6 is 0 Å². The van der Waals surface area contributed by atoms with Crippen LogP contribution in [0.15, 0.2) is 42.6 Å². The van der Waals surface area contributed by atoms with Crippen molar-refractivity contribution in [2.45, 2.75) is 19.8 Å². The number of aromatic hydroxyl groups is 1. The Bertz CT molecular complexity index is 626. The number of carbonyl (C=O) groups is 1. The molecule has 1 amide bonds. The number of phenolic OH excluding ortho intramolecular Hbond substituents is 1. The van der Waals surface area contributed by atoms with Gasteiger partial charge in [0.05, 0.1) is 5.92 Å². The zero-order valence-corrected chi connectivity index (χ0v) is 12.8. The van der Waals surface area contributed by atoms with Gasteiger partial charge in [0.15, 0.2) is 0 Å². The van der Waals surface area contributed by atoms with Crippen molar-refractivity contribution in [2.75, 3.05) is 18.4 Å². The van der Waals surface area contributed by atoms with E-state index in [1.54, 1.807) is 30.5 Å². The van der Waals surface area contributed by atoms with E-state index >= 15 is 0 Å². The highest BCUT2D eigenvalue weighted by molar-refractivity contribution is 5.83. The van der Waals surface area contributed by atoms with Crippen LogP contribution in [-0.4, -0.2) is 29.1 Å². The number of nitrogens with one attached hydrogen (secondary N) is 2. The first-order chi connectivity index (χ1) is 10.6. The summed E-state index contributed by atoms with van der Waals surface area (Å²) in [5.41, 5.74) is 1.95. The molecule has 5 heteroatoms. The maximum Gasteiger partial charge on any atom is 0.227 e. The molecule has 0 bridgehead atoms. The van der Waals surface area contributed by atoms with Crippen molar-refractivity contribution >= 4 is 11.7 Å². The second-order valence-electron chi connectivity index (χ2n) is 5.20. The molecule has 1 unspecified atom stereocenters. The third-order valence-corrected chi connectivity index (χ3v) is 3.51. The number of aryl methyl sites for hydroxylation is 1. The van der Waals surface area contributed by atoms with Crippen molar-refractivity contribution in [3.05, 3.63) is 53.7 Å². The Labute approximate surface area is 130 Å². The van der Waals surface area contributed by atoms with Crippen molar-refractivity contribution in [2.24, 2.45) is 0 Å². The van der Waals surface area contributed by atoms with Crippen LogP contribution in [0.2, 0.25) is 0 Å². The van der Waals surface area contributed by atoms with E-state index in [9.17, 15) is 9.90 Å². The molecule has 1 aromatic heterocycles. The third kappa shape index (κ3) is 4.22. The van der Waals surface area contributed by atoms with E-state index in [0.29, 0.717) is 13.1 Å². The molecule has 2 rings (SSSR count). The Hall–Kier alpha value is -2.56. The van der Waals surface area contributed by atoms with E-state index in [1.165, 1.54) is 0 Å². The summed E-state index contributed by atoms with van der Waals surface area (Å²) in [6.45, 7) is 4.97. The third-order valence-electron chi connectivity index (χ3n) is 3.51. The maximum atomic E-state index is 12.1. The fourth-order valence-electron chi connectivity index (χ4n) is 2.10. The van der Waals surface area contributed by atoms with E-state index in [2.05, 4.69) is 15.6 Å². The van der Waals surface area contributed by atoms with Crippen molar-refractivity contribution in [1.29, 1.82) is 0 Å². The zero-order chi connectivity index (χ0) is 15.9. The number of benzene rings is 1. The van der Waals surface area contributed by atoms with Gasteiger partial charge in [0.2, 0.25) is 5.91 Å². The molecule has 0 saturated carbocycles. The number of phenols is 1. The summed E-state index contributed by atoms with van der Waals surface area (Å²) in [4.78, 5) is 16.3. The number of nitrogens with zero attached hydrogens (tertiary/aromatic N) is 1. The fraction of sp³-hybridized carbons (Fsp3) is 0.294. The smallest absolute Gasteiger partial charge is 0.227 e. The minimum absolute atomic E-state index is 0.0368. The van der Waals surface area contributed by atoms with Crippen LogP contribution in [0.3, 0.4) is 0 Å². The molecule has 22 heavy (non-hydrogen) atoms. The molecule has 0 aliphatic carbocycles. The van der Waals surface area contributed by atoms with Gasteiger partial charge in [-0.25, -0.2) is 4.98 Å². The molecule has 3 N–H and O–H groups in total. The lowest BCUT2D eigenvalue weighted by Crippen LogP contribution is -2.32. The molecule has 1 aromatic carbocycles. The highest BCUT2D eigenvalue weighted by Crippen LogP contribution is 2.18. The topological polar surface area (TPSA) is 74.2 Å². The molecule has 1 atom stereocenters. The molecule has 0 spiro atoms. The Morgan fingerprint density at radius 2 is 1.95 bits per heavy atom. The molecule has 0 aliphatic rings. The fourth-order valence-corrected chi connectivity index (χ4v) is 2.10. The van der Waals surface area contributed by atoms with Gasteiger partial charge in [-0.05, 0) is 43.2 Å². The lowest BCUT2D eigenvalue weighted by Gasteiger charge is -2.13. The Balaban J connectivity index is 1.78. The van der Waals surface area contributed by atoms with Gasteiger partial charge in [-0.15, -0.1) is 0 Å². The lowest BCUT2D eigenvalue weighted by molar-refractivity contribution is -0.122. The van der Waals surface area contributed by atoms with Crippen LogP contribution < -0.4 is 10.6 Å². The number of anilines is 1. The number of carbonyl (C=O) groups excluding carboxylic acids is 1. The van der Waals surface area contributed by atoms with Gasteiger partial charge in [-0.3, -0.25) is 4.79 Å². The average Bonchev–Trinajstić information content (AvgIpc) is 2.53. The molecule has 1 heterocycles. The normalized spacial score (nSPS) is 11.7. The van der Waals surface area contributed by atoms with Crippen molar-refractivity contribution < 1.29 is 9.90 Å². The Morgan fingerprint density at radius 1 is 1.23 bits per heavy atom. The largest absolute Gasteiger partial charge is 0.508 e. The molecule has 0 fully saturated rings. The molecule has 2 aromatic rings. The first-order valence-corrected chi connectivity index (χ1v) is 7.30. The lowest BCUT2D eigenvalue weighted by atomic mass is 10.0.